The molecule has 15 heavy (non-hydrogen) atoms. The molecule has 0 bridgehead atoms. The van der Waals surface area contributed by atoms with Crippen LogP contribution >= 0.6 is 11.6 Å². The highest BCUT2D eigenvalue weighted by Gasteiger charge is 2.24. The van der Waals surface area contributed by atoms with Gasteiger partial charge in [-0.3, -0.25) is 4.98 Å². The molecule has 3 heteroatoms. The fourth-order valence-electron chi connectivity index (χ4n) is 2.38. The van der Waals surface area contributed by atoms with E-state index in [2.05, 4.69) is 4.98 Å². The first-order valence-electron chi connectivity index (χ1n) is 5.56. The molecule has 1 atom stereocenters. The van der Waals surface area contributed by atoms with E-state index in [1.165, 1.54) is 25.7 Å². The molecule has 0 unspecified atom stereocenters. The smallest absolute Gasteiger partial charge is 0.0591 e. The van der Waals surface area contributed by atoms with Crippen molar-refractivity contribution in [2.75, 3.05) is 0 Å². The number of hydrogen-bond donors (Lipinski definition) is 1. The normalized spacial score (nSPS) is 19.4. The topological polar surface area (TPSA) is 38.9 Å². The first kappa shape index (κ1) is 10.9. The van der Waals surface area contributed by atoms with Gasteiger partial charge in [-0.15, -0.1) is 0 Å². The van der Waals surface area contributed by atoms with Crippen LogP contribution in [0.2, 0.25) is 5.02 Å². The van der Waals surface area contributed by atoms with Crippen LogP contribution in [0.1, 0.15) is 43.1 Å². The molecular formula is C12H17ClN2. The number of aryl methyl sites for hydroxylation is 1. The van der Waals surface area contributed by atoms with E-state index in [-0.39, 0.29) is 6.04 Å². The van der Waals surface area contributed by atoms with Crippen molar-refractivity contribution in [1.29, 1.82) is 0 Å². The summed E-state index contributed by atoms with van der Waals surface area (Å²) < 4.78 is 0. The first-order valence-corrected chi connectivity index (χ1v) is 5.94. The Morgan fingerprint density at radius 2 is 2.07 bits per heavy atom. The van der Waals surface area contributed by atoms with Crippen molar-refractivity contribution in [3.8, 4) is 0 Å². The zero-order chi connectivity index (χ0) is 10.8. The molecule has 1 heterocycles. The van der Waals surface area contributed by atoms with E-state index in [4.69, 9.17) is 17.3 Å². The number of aromatic nitrogens is 1. The maximum atomic E-state index is 6.22. The van der Waals surface area contributed by atoms with Gasteiger partial charge in [0, 0.05) is 16.8 Å². The molecule has 0 aliphatic heterocycles. The van der Waals surface area contributed by atoms with Crippen molar-refractivity contribution in [3.63, 3.8) is 0 Å². The summed E-state index contributed by atoms with van der Waals surface area (Å²) >= 11 is 6.01. The lowest BCUT2D eigenvalue weighted by molar-refractivity contribution is 0.436. The average molecular weight is 225 g/mol. The molecule has 0 aromatic carbocycles. The Hall–Kier alpha value is -0.600. The number of pyridine rings is 1. The maximum Gasteiger partial charge on any atom is 0.0591 e. The van der Waals surface area contributed by atoms with Crippen LogP contribution in [0.25, 0.3) is 0 Å². The summed E-state index contributed by atoms with van der Waals surface area (Å²) in [5.41, 5.74) is 8.12. The van der Waals surface area contributed by atoms with Crippen LogP contribution in [0.4, 0.5) is 0 Å². The second kappa shape index (κ2) is 4.50. The largest absolute Gasteiger partial charge is 0.322 e. The number of hydrogen-bond acceptors (Lipinski definition) is 2. The number of rotatable bonds is 2. The fourth-order valence-corrected chi connectivity index (χ4v) is 2.65. The lowest BCUT2D eigenvalue weighted by atomic mass is 9.96. The summed E-state index contributed by atoms with van der Waals surface area (Å²) in [6.07, 6.45) is 5.07. The molecule has 0 saturated heterocycles. The Balaban J connectivity index is 2.20. The molecule has 1 aromatic rings. The molecule has 2 rings (SSSR count). The van der Waals surface area contributed by atoms with E-state index < -0.39 is 0 Å². The van der Waals surface area contributed by atoms with Gasteiger partial charge in [-0.1, -0.05) is 24.4 Å². The van der Waals surface area contributed by atoms with E-state index in [1.807, 2.05) is 19.1 Å². The lowest BCUT2D eigenvalue weighted by Gasteiger charge is -2.18. The van der Waals surface area contributed by atoms with Crippen LogP contribution in [0, 0.1) is 12.8 Å². The third-order valence-electron chi connectivity index (χ3n) is 3.19. The summed E-state index contributed by atoms with van der Waals surface area (Å²) in [5, 5.41) is 0.742. The van der Waals surface area contributed by atoms with Crippen LogP contribution in [0.15, 0.2) is 12.1 Å². The molecule has 1 aromatic heterocycles. The zero-order valence-electron chi connectivity index (χ0n) is 9.04. The molecular weight excluding hydrogens is 208 g/mol. The van der Waals surface area contributed by atoms with Gasteiger partial charge < -0.3 is 5.73 Å². The minimum atomic E-state index is 0.0601. The maximum absolute atomic E-state index is 6.22. The number of nitrogens with zero attached hydrogens (tertiary/aromatic N) is 1. The highest BCUT2D eigenvalue weighted by Crippen LogP contribution is 2.34. The summed E-state index contributed by atoms with van der Waals surface area (Å²) in [6.45, 7) is 1.96. The van der Waals surface area contributed by atoms with E-state index in [9.17, 15) is 0 Å². The molecule has 2 N–H and O–H groups in total. The average Bonchev–Trinajstić information content (AvgIpc) is 2.67. The summed E-state index contributed by atoms with van der Waals surface area (Å²) in [7, 11) is 0. The zero-order valence-corrected chi connectivity index (χ0v) is 9.80. The lowest BCUT2D eigenvalue weighted by Crippen LogP contribution is -2.20. The minimum absolute atomic E-state index is 0.0601. The van der Waals surface area contributed by atoms with Crippen molar-refractivity contribution >= 4 is 11.6 Å². The van der Waals surface area contributed by atoms with Gasteiger partial charge in [-0.05, 0) is 37.8 Å². The van der Waals surface area contributed by atoms with E-state index >= 15 is 0 Å². The Labute approximate surface area is 95.8 Å². The standard InChI is InChI=1S/C12H17ClN2/c1-8-6-10(13)7-11(15-8)12(14)9-4-2-3-5-9/h6-7,9,12H,2-5,14H2,1H3/t12-/m1/s1. The Morgan fingerprint density at radius 3 is 2.67 bits per heavy atom. The van der Waals surface area contributed by atoms with Gasteiger partial charge in [0.2, 0.25) is 0 Å². The SMILES string of the molecule is Cc1cc(Cl)cc([C@H](N)C2CCCC2)n1. The van der Waals surface area contributed by atoms with Crippen LogP contribution < -0.4 is 5.73 Å². The second-order valence-corrected chi connectivity index (χ2v) is 4.86. The summed E-state index contributed by atoms with van der Waals surface area (Å²) in [4.78, 5) is 4.47. The molecule has 0 amide bonds. The molecule has 2 nitrogen and oxygen atoms in total. The van der Waals surface area contributed by atoms with Gasteiger partial charge in [0.15, 0.2) is 0 Å². The first-order chi connectivity index (χ1) is 7.16. The third-order valence-corrected chi connectivity index (χ3v) is 3.41. The Kier molecular flexibility index (Phi) is 3.27. The van der Waals surface area contributed by atoms with Gasteiger partial charge in [0.1, 0.15) is 0 Å². The van der Waals surface area contributed by atoms with Crippen molar-refractivity contribution in [2.45, 2.75) is 38.6 Å². The molecule has 1 fully saturated rings. The molecule has 82 valence electrons. The van der Waals surface area contributed by atoms with Crippen LogP contribution in [0.5, 0.6) is 0 Å². The molecule has 1 aliphatic carbocycles. The van der Waals surface area contributed by atoms with E-state index in [1.54, 1.807) is 0 Å². The van der Waals surface area contributed by atoms with Crippen molar-refractivity contribution in [2.24, 2.45) is 11.7 Å². The van der Waals surface area contributed by atoms with Gasteiger partial charge in [-0.25, -0.2) is 0 Å². The minimum Gasteiger partial charge on any atom is -0.322 e. The quantitative estimate of drug-likeness (QED) is 0.838. The van der Waals surface area contributed by atoms with Gasteiger partial charge in [0.25, 0.3) is 0 Å². The number of nitrogens with two attached hydrogens (primary N) is 1. The summed E-state index contributed by atoms with van der Waals surface area (Å²) in [6, 6.07) is 3.83. The van der Waals surface area contributed by atoms with Gasteiger partial charge in [0.05, 0.1) is 5.69 Å². The molecule has 0 spiro atoms. The highest BCUT2D eigenvalue weighted by molar-refractivity contribution is 6.30. The molecule has 1 aliphatic rings. The van der Waals surface area contributed by atoms with Crippen LogP contribution in [0.3, 0.4) is 0 Å². The van der Waals surface area contributed by atoms with Gasteiger partial charge in [-0.2, -0.15) is 0 Å². The summed E-state index contributed by atoms with van der Waals surface area (Å²) in [5.74, 6) is 0.593. The molecule has 1 saturated carbocycles. The second-order valence-electron chi connectivity index (χ2n) is 4.42. The Morgan fingerprint density at radius 1 is 1.40 bits per heavy atom. The highest BCUT2D eigenvalue weighted by atomic mass is 35.5. The van der Waals surface area contributed by atoms with Crippen LogP contribution in [-0.4, -0.2) is 4.98 Å². The van der Waals surface area contributed by atoms with E-state index in [0.717, 1.165) is 16.4 Å². The van der Waals surface area contributed by atoms with Crippen molar-refractivity contribution in [3.05, 3.63) is 28.5 Å². The predicted molar refractivity (Wildman–Crippen MR) is 62.9 cm³/mol. The predicted octanol–water partition coefficient (Wildman–Crippen LogP) is 3.23. The van der Waals surface area contributed by atoms with Crippen molar-refractivity contribution in [1.82, 2.24) is 4.98 Å². The fraction of sp³-hybridized carbons (Fsp3) is 0.583. The van der Waals surface area contributed by atoms with Crippen LogP contribution in [-0.2, 0) is 0 Å². The van der Waals surface area contributed by atoms with E-state index in [0.29, 0.717) is 5.92 Å². The molecule has 0 radical (unpaired) electrons. The van der Waals surface area contributed by atoms with Crippen molar-refractivity contribution < 1.29 is 0 Å². The monoisotopic (exact) mass is 224 g/mol. The Bertz CT molecular complexity index is 325. The number of halogens is 1. The van der Waals surface area contributed by atoms with Gasteiger partial charge >= 0.3 is 0 Å². The third kappa shape index (κ3) is 2.50.